The Morgan fingerprint density at radius 2 is 2.33 bits per heavy atom. The summed E-state index contributed by atoms with van der Waals surface area (Å²) in [5, 5.41) is 3.96. The zero-order valence-electron chi connectivity index (χ0n) is 12.7. The standard InChI is InChI=1S/C16H23ClN2O2/c1-3-9-19(13-7-8-18-10-13)16(20)11-21-15-6-4-5-14(17)12(15)2/h4-6,13,18H,3,7-11H2,1-2H3. The minimum atomic E-state index is 0.0462. The lowest BCUT2D eigenvalue weighted by Gasteiger charge is -2.28. The zero-order chi connectivity index (χ0) is 15.2. The first-order chi connectivity index (χ1) is 10.1. The predicted molar refractivity (Wildman–Crippen MR) is 85.0 cm³/mol. The Hall–Kier alpha value is -1.26. The summed E-state index contributed by atoms with van der Waals surface area (Å²) in [5.74, 6) is 0.724. The highest BCUT2D eigenvalue weighted by atomic mass is 35.5. The molecule has 0 radical (unpaired) electrons. The Labute approximate surface area is 131 Å². The van der Waals surface area contributed by atoms with Gasteiger partial charge in [-0.2, -0.15) is 0 Å². The Balaban J connectivity index is 1.96. The lowest BCUT2D eigenvalue weighted by atomic mass is 10.2. The first-order valence-corrected chi connectivity index (χ1v) is 7.89. The van der Waals surface area contributed by atoms with Gasteiger partial charge in [0.15, 0.2) is 6.61 Å². The van der Waals surface area contributed by atoms with Crippen LogP contribution in [0.5, 0.6) is 5.75 Å². The Bertz CT molecular complexity index is 487. The van der Waals surface area contributed by atoms with Crippen molar-refractivity contribution in [2.75, 3.05) is 26.2 Å². The van der Waals surface area contributed by atoms with Gasteiger partial charge in [-0.05, 0) is 38.4 Å². The second kappa shape index (κ2) is 7.66. The lowest BCUT2D eigenvalue weighted by molar-refractivity contribution is -0.135. The maximum atomic E-state index is 12.4. The SMILES string of the molecule is CCCN(C(=O)COc1cccc(Cl)c1C)C1CCNC1. The van der Waals surface area contributed by atoms with Gasteiger partial charge in [-0.15, -0.1) is 0 Å². The van der Waals surface area contributed by atoms with E-state index in [2.05, 4.69) is 12.2 Å². The minimum Gasteiger partial charge on any atom is -0.483 e. The number of nitrogens with zero attached hydrogens (tertiary/aromatic N) is 1. The van der Waals surface area contributed by atoms with Crippen LogP contribution >= 0.6 is 11.6 Å². The van der Waals surface area contributed by atoms with Crippen LogP contribution in [0.4, 0.5) is 0 Å². The summed E-state index contributed by atoms with van der Waals surface area (Å²) in [7, 11) is 0. The normalized spacial score (nSPS) is 17.8. The van der Waals surface area contributed by atoms with Crippen LogP contribution < -0.4 is 10.1 Å². The van der Waals surface area contributed by atoms with Gasteiger partial charge in [-0.3, -0.25) is 4.79 Å². The van der Waals surface area contributed by atoms with Crippen LogP contribution in [0.2, 0.25) is 5.02 Å². The quantitative estimate of drug-likeness (QED) is 0.878. The molecule has 2 rings (SSSR count). The Kier molecular flexibility index (Phi) is 5.88. The molecule has 1 N–H and O–H groups in total. The molecule has 5 heteroatoms. The van der Waals surface area contributed by atoms with Crippen LogP contribution in [0, 0.1) is 6.92 Å². The van der Waals surface area contributed by atoms with Gasteiger partial charge < -0.3 is 15.0 Å². The predicted octanol–water partition coefficient (Wildman–Crippen LogP) is 2.63. The van der Waals surface area contributed by atoms with Gasteiger partial charge in [0.1, 0.15) is 5.75 Å². The summed E-state index contributed by atoms with van der Waals surface area (Å²) in [6, 6.07) is 5.79. The monoisotopic (exact) mass is 310 g/mol. The van der Waals surface area contributed by atoms with Crippen molar-refractivity contribution >= 4 is 17.5 Å². The Morgan fingerprint density at radius 3 is 3.00 bits per heavy atom. The van der Waals surface area contributed by atoms with E-state index >= 15 is 0 Å². The molecule has 1 unspecified atom stereocenters. The number of nitrogens with one attached hydrogen (secondary N) is 1. The molecule has 1 aliphatic heterocycles. The summed E-state index contributed by atoms with van der Waals surface area (Å²) in [4.78, 5) is 14.4. The summed E-state index contributed by atoms with van der Waals surface area (Å²) in [6.45, 7) is 6.69. The molecule has 1 fully saturated rings. The summed E-state index contributed by atoms with van der Waals surface area (Å²) in [5.41, 5.74) is 0.872. The van der Waals surface area contributed by atoms with Crippen molar-refractivity contribution in [3.8, 4) is 5.75 Å². The van der Waals surface area contributed by atoms with Gasteiger partial charge in [0.2, 0.25) is 0 Å². The maximum Gasteiger partial charge on any atom is 0.260 e. The molecule has 116 valence electrons. The fourth-order valence-corrected chi connectivity index (χ4v) is 2.79. The van der Waals surface area contributed by atoms with E-state index < -0.39 is 0 Å². The first-order valence-electron chi connectivity index (χ1n) is 7.51. The highest BCUT2D eigenvalue weighted by Gasteiger charge is 2.26. The number of carbonyl (C=O) groups excluding carboxylic acids is 1. The topological polar surface area (TPSA) is 41.6 Å². The van der Waals surface area contributed by atoms with Crippen molar-refractivity contribution in [1.29, 1.82) is 0 Å². The zero-order valence-corrected chi connectivity index (χ0v) is 13.4. The number of amides is 1. The van der Waals surface area contributed by atoms with E-state index in [1.54, 1.807) is 0 Å². The van der Waals surface area contributed by atoms with Crippen LogP contribution in [-0.2, 0) is 4.79 Å². The molecule has 1 amide bonds. The van der Waals surface area contributed by atoms with Crippen molar-refractivity contribution in [3.63, 3.8) is 0 Å². The summed E-state index contributed by atoms with van der Waals surface area (Å²) in [6.07, 6.45) is 1.97. The van der Waals surface area contributed by atoms with Gasteiger partial charge >= 0.3 is 0 Å². The number of halogens is 1. The van der Waals surface area contributed by atoms with Crippen LogP contribution in [0.25, 0.3) is 0 Å². The van der Waals surface area contributed by atoms with Gasteiger partial charge in [-0.1, -0.05) is 24.6 Å². The number of hydrogen-bond donors (Lipinski definition) is 1. The van der Waals surface area contributed by atoms with Crippen molar-refractivity contribution < 1.29 is 9.53 Å². The van der Waals surface area contributed by atoms with Crippen molar-refractivity contribution in [3.05, 3.63) is 28.8 Å². The Morgan fingerprint density at radius 1 is 1.52 bits per heavy atom. The molecule has 0 spiro atoms. The number of hydrogen-bond acceptors (Lipinski definition) is 3. The third kappa shape index (κ3) is 4.11. The third-order valence-electron chi connectivity index (χ3n) is 3.83. The van der Waals surface area contributed by atoms with Crippen molar-refractivity contribution in [2.45, 2.75) is 32.7 Å². The number of ether oxygens (including phenoxy) is 1. The van der Waals surface area contributed by atoms with E-state index in [4.69, 9.17) is 16.3 Å². The average molecular weight is 311 g/mol. The third-order valence-corrected chi connectivity index (χ3v) is 4.24. The molecule has 0 saturated carbocycles. The van der Waals surface area contributed by atoms with Gasteiger partial charge in [0, 0.05) is 29.7 Å². The van der Waals surface area contributed by atoms with Crippen LogP contribution in [0.1, 0.15) is 25.3 Å². The second-order valence-electron chi connectivity index (χ2n) is 5.39. The molecule has 0 aliphatic carbocycles. The molecular weight excluding hydrogens is 288 g/mol. The first kappa shape index (κ1) is 16.1. The van der Waals surface area contributed by atoms with E-state index in [1.165, 1.54) is 0 Å². The second-order valence-corrected chi connectivity index (χ2v) is 5.79. The summed E-state index contributed by atoms with van der Waals surface area (Å²) >= 11 is 6.06. The number of rotatable bonds is 6. The van der Waals surface area contributed by atoms with E-state index in [9.17, 15) is 4.79 Å². The average Bonchev–Trinajstić information content (AvgIpc) is 3.00. The van der Waals surface area contributed by atoms with Gasteiger partial charge in [0.05, 0.1) is 0 Å². The lowest BCUT2D eigenvalue weighted by Crippen LogP contribution is -2.44. The molecule has 1 aromatic rings. The number of carbonyl (C=O) groups is 1. The molecule has 4 nitrogen and oxygen atoms in total. The molecule has 0 aromatic heterocycles. The van der Waals surface area contributed by atoms with E-state index in [0.29, 0.717) is 16.8 Å². The molecule has 1 aliphatic rings. The molecular formula is C16H23ClN2O2. The van der Waals surface area contributed by atoms with Crippen molar-refractivity contribution in [1.82, 2.24) is 10.2 Å². The highest BCUT2D eigenvalue weighted by Crippen LogP contribution is 2.25. The summed E-state index contributed by atoms with van der Waals surface area (Å²) < 4.78 is 5.67. The molecule has 1 aromatic carbocycles. The van der Waals surface area contributed by atoms with E-state index in [0.717, 1.165) is 38.0 Å². The number of benzene rings is 1. The molecule has 0 bridgehead atoms. The van der Waals surface area contributed by atoms with Crippen LogP contribution in [0.3, 0.4) is 0 Å². The van der Waals surface area contributed by atoms with Gasteiger partial charge in [0.25, 0.3) is 5.91 Å². The van der Waals surface area contributed by atoms with E-state index in [-0.39, 0.29) is 12.5 Å². The molecule has 21 heavy (non-hydrogen) atoms. The van der Waals surface area contributed by atoms with Crippen molar-refractivity contribution in [2.24, 2.45) is 0 Å². The minimum absolute atomic E-state index is 0.0462. The molecule has 1 heterocycles. The van der Waals surface area contributed by atoms with E-state index in [1.807, 2.05) is 30.0 Å². The highest BCUT2D eigenvalue weighted by molar-refractivity contribution is 6.31. The maximum absolute atomic E-state index is 12.4. The molecule has 1 saturated heterocycles. The van der Waals surface area contributed by atoms with Crippen LogP contribution in [-0.4, -0.2) is 43.1 Å². The largest absolute Gasteiger partial charge is 0.483 e. The molecule has 1 atom stereocenters. The van der Waals surface area contributed by atoms with Crippen LogP contribution in [0.15, 0.2) is 18.2 Å². The fraction of sp³-hybridized carbons (Fsp3) is 0.562. The smallest absolute Gasteiger partial charge is 0.260 e. The fourth-order valence-electron chi connectivity index (χ4n) is 2.62. The van der Waals surface area contributed by atoms with Gasteiger partial charge in [-0.25, -0.2) is 0 Å².